The summed E-state index contributed by atoms with van der Waals surface area (Å²) in [6.07, 6.45) is 1.11. The zero-order valence-electron chi connectivity index (χ0n) is 24.3. The normalized spacial score (nSPS) is 12.6. The van der Waals surface area contributed by atoms with Gasteiger partial charge in [0.05, 0.1) is 34.4 Å². The molecule has 6 aromatic rings. The van der Waals surface area contributed by atoms with E-state index in [-0.39, 0.29) is 18.5 Å². The van der Waals surface area contributed by atoms with Crippen LogP contribution < -0.4 is 14.4 Å². The number of nitrogens with one attached hydrogen (secondary N) is 1. The number of carbonyl (C=O) groups excluding carboxylic acids is 1. The van der Waals surface area contributed by atoms with Gasteiger partial charge in [-0.25, -0.2) is 17.8 Å². The molecular formula is C33H27FN4O5S. The standard InChI is InChI=1S/C33H27FN4O5S/c1-18-8-10-19(11-9-18)32-30(33(39)35-2)22-14-21(26(16-29(22)43-32)37(3)44(4,40)41)24-12-13-28-31(36-24)27-15-20-23(34)6-5-7-25(20)38(27)17-42-28/h5-16H,17H2,1-4H3,(H,35,39). The highest BCUT2D eigenvalue weighted by atomic mass is 32.2. The van der Waals surface area contributed by atoms with Gasteiger partial charge in [0.25, 0.3) is 5.91 Å². The third-order valence-corrected chi connectivity index (χ3v) is 9.22. The second-order valence-electron chi connectivity index (χ2n) is 10.8. The van der Waals surface area contributed by atoms with Gasteiger partial charge in [0.2, 0.25) is 10.0 Å². The minimum Gasteiger partial charge on any atom is -0.470 e. The Morgan fingerprint density at radius 3 is 2.55 bits per heavy atom. The van der Waals surface area contributed by atoms with Gasteiger partial charge in [-0.2, -0.15) is 0 Å². The Bertz CT molecular complexity index is 2250. The van der Waals surface area contributed by atoms with Crippen molar-refractivity contribution < 1.29 is 26.8 Å². The summed E-state index contributed by atoms with van der Waals surface area (Å²) >= 11 is 0. The molecular weight excluding hydrogens is 583 g/mol. The van der Waals surface area contributed by atoms with Gasteiger partial charge < -0.3 is 19.0 Å². The molecule has 0 aliphatic carbocycles. The van der Waals surface area contributed by atoms with Gasteiger partial charge in [-0.15, -0.1) is 0 Å². The summed E-state index contributed by atoms with van der Waals surface area (Å²) in [5.74, 6) is 0.172. The van der Waals surface area contributed by atoms with E-state index in [4.69, 9.17) is 14.1 Å². The Balaban J connectivity index is 1.50. The number of pyridine rings is 1. The summed E-state index contributed by atoms with van der Waals surface area (Å²) in [7, 11) is -0.719. The second-order valence-corrected chi connectivity index (χ2v) is 12.8. The Morgan fingerprint density at radius 2 is 1.82 bits per heavy atom. The summed E-state index contributed by atoms with van der Waals surface area (Å²) in [5.41, 5.74) is 5.43. The van der Waals surface area contributed by atoms with E-state index in [1.165, 1.54) is 13.1 Å². The summed E-state index contributed by atoms with van der Waals surface area (Å²) in [5, 5.41) is 3.64. The van der Waals surface area contributed by atoms with Gasteiger partial charge in [-0.1, -0.05) is 35.9 Å². The molecule has 0 saturated heterocycles. The summed E-state index contributed by atoms with van der Waals surface area (Å²) in [4.78, 5) is 18.2. The Kier molecular flexibility index (Phi) is 6.26. The maximum absolute atomic E-state index is 14.7. The van der Waals surface area contributed by atoms with Crippen LogP contribution in [0, 0.1) is 12.7 Å². The van der Waals surface area contributed by atoms with Crippen molar-refractivity contribution in [3.05, 3.63) is 89.7 Å². The number of aromatic nitrogens is 2. The average molecular weight is 611 g/mol. The molecule has 44 heavy (non-hydrogen) atoms. The zero-order valence-corrected chi connectivity index (χ0v) is 25.1. The fraction of sp³-hybridized carbons (Fsp3) is 0.152. The maximum atomic E-state index is 14.7. The number of aryl methyl sites for hydroxylation is 1. The van der Waals surface area contributed by atoms with E-state index in [0.717, 1.165) is 16.1 Å². The van der Waals surface area contributed by atoms with Crippen molar-refractivity contribution in [3.8, 4) is 39.7 Å². The van der Waals surface area contributed by atoms with E-state index < -0.39 is 10.0 Å². The molecule has 0 radical (unpaired) electrons. The summed E-state index contributed by atoms with van der Waals surface area (Å²) in [6.45, 7) is 2.16. The first kappa shape index (κ1) is 27.7. The van der Waals surface area contributed by atoms with Crippen molar-refractivity contribution >= 4 is 43.5 Å². The lowest BCUT2D eigenvalue weighted by molar-refractivity contribution is 0.0964. The molecule has 3 aromatic carbocycles. The number of carbonyl (C=O) groups is 1. The van der Waals surface area contributed by atoms with Gasteiger partial charge in [0, 0.05) is 42.1 Å². The molecule has 4 heterocycles. The highest BCUT2D eigenvalue weighted by Gasteiger charge is 2.28. The van der Waals surface area contributed by atoms with Crippen LogP contribution in [0.3, 0.4) is 0 Å². The van der Waals surface area contributed by atoms with Crippen LogP contribution >= 0.6 is 0 Å². The van der Waals surface area contributed by atoms with E-state index >= 15 is 0 Å². The zero-order chi connectivity index (χ0) is 30.9. The van der Waals surface area contributed by atoms with Crippen molar-refractivity contribution in [1.82, 2.24) is 14.9 Å². The van der Waals surface area contributed by atoms with Crippen molar-refractivity contribution in [2.24, 2.45) is 0 Å². The number of benzene rings is 3. The molecule has 0 atom stereocenters. The molecule has 0 fully saturated rings. The molecule has 222 valence electrons. The number of halogens is 1. The van der Waals surface area contributed by atoms with Gasteiger partial charge in [-0.05, 0) is 43.3 Å². The number of furan rings is 1. The molecule has 1 N–H and O–H groups in total. The fourth-order valence-electron chi connectivity index (χ4n) is 5.65. The monoisotopic (exact) mass is 610 g/mol. The molecule has 7 rings (SSSR count). The van der Waals surface area contributed by atoms with E-state index in [1.807, 2.05) is 41.8 Å². The highest BCUT2D eigenvalue weighted by molar-refractivity contribution is 7.92. The first-order valence-corrected chi connectivity index (χ1v) is 15.7. The van der Waals surface area contributed by atoms with Crippen LogP contribution in [0.25, 0.3) is 55.8 Å². The summed E-state index contributed by atoms with van der Waals surface area (Å²) in [6, 6.07) is 21.0. The second kappa shape index (κ2) is 9.95. The third-order valence-electron chi connectivity index (χ3n) is 8.03. The first-order chi connectivity index (χ1) is 21.0. The number of nitrogens with zero attached hydrogens (tertiary/aromatic N) is 3. The Morgan fingerprint density at radius 1 is 1.05 bits per heavy atom. The fourth-order valence-corrected chi connectivity index (χ4v) is 6.16. The predicted octanol–water partition coefficient (Wildman–Crippen LogP) is 6.34. The number of rotatable bonds is 5. The number of sulfonamides is 1. The quantitative estimate of drug-likeness (QED) is 0.244. The topological polar surface area (TPSA) is 107 Å². The molecule has 11 heteroatoms. The molecule has 0 bridgehead atoms. The van der Waals surface area contributed by atoms with Gasteiger partial charge in [0.15, 0.2) is 6.73 Å². The molecule has 1 aliphatic heterocycles. The van der Waals surface area contributed by atoms with Crippen LogP contribution in [0.4, 0.5) is 10.1 Å². The number of amides is 1. The van der Waals surface area contributed by atoms with Crippen molar-refractivity contribution in [1.29, 1.82) is 0 Å². The SMILES string of the molecule is CNC(=O)c1c(-c2ccc(C)cc2)oc2cc(N(C)S(C)(=O)=O)c(-c3ccc4c(n3)-c3cc5c(F)cccc5n3CO4)cc12. The van der Waals surface area contributed by atoms with Crippen LogP contribution in [0.2, 0.25) is 0 Å². The lowest BCUT2D eigenvalue weighted by Gasteiger charge is -2.23. The van der Waals surface area contributed by atoms with E-state index in [1.54, 1.807) is 43.4 Å². The van der Waals surface area contributed by atoms with E-state index in [2.05, 4.69) is 5.32 Å². The number of ether oxygens (including phenoxy) is 1. The molecule has 0 unspecified atom stereocenters. The van der Waals surface area contributed by atoms with Crippen molar-refractivity contribution in [2.45, 2.75) is 13.7 Å². The third kappa shape index (κ3) is 4.31. The molecule has 9 nitrogen and oxygen atoms in total. The molecule has 3 aromatic heterocycles. The Hall–Kier alpha value is -5.16. The van der Waals surface area contributed by atoms with Crippen LogP contribution in [-0.4, -0.2) is 44.2 Å². The van der Waals surface area contributed by atoms with Gasteiger partial charge in [0.1, 0.15) is 28.6 Å². The van der Waals surface area contributed by atoms with Gasteiger partial charge in [-0.3, -0.25) is 9.10 Å². The maximum Gasteiger partial charge on any atom is 0.255 e. The minimum absolute atomic E-state index is 0.191. The lowest BCUT2D eigenvalue weighted by Crippen LogP contribution is -2.25. The predicted molar refractivity (Wildman–Crippen MR) is 168 cm³/mol. The van der Waals surface area contributed by atoms with Crippen LogP contribution in [0.1, 0.15) is 15.9 Å². The minimum atomic E-state index is -3.71. The number of hydrogen-bond acceptors (Lipinski definition) is 6. The smallest absolute Gasteiger partial charge is 0.255 e. The van der Waals surface area contributed by atoms with Crippen molar-refractivity contribution in [3.63, 3.8) is 0 Å². The number of fused-ring (bicyclic) bond motifs is 6. The number of anilines is 1. The van der Waals surface area contributed by atoms with Crippen molar-refractivity contribution in [2.75, 3.05) is 24.7 Å². The average Bonchev–Trinajstić information content (AvgIpc) is 3.59. The Labute approximate surface area is 252 Å². The molecule has 1 amide bonds. The van der Waals surface area contributed by atoms with Gasteiger partial charge >= 0.3 is 0 Å². The first-order valence-electron chi connectivity index (χ1n) is 13.8. The van der Waals surface area contributed by atoms with E-state index in [0.29, 0.717) is 72.8 Å². The van der Waals surface area contributed by atoms with Crippen LogP contribution in [0.5, 0.6) is 5.75 Å². The molecule has 1 aliphatic rings. The van der Waals surface area contributed by atoms with Crippen LogP contribution in [0.15, 0.2) is 77.2 Å². The van der Waals surface area contributed by atoms with Crippen LogP contribution in [-0.2, 0) is 16.8 Å². The number of hydrogen-bond donors (Lipinski definition) is 1. The molecule has 0 spiro atoms. The summed E-state index contributed by atoms with van der Waals surface area (Å²) < 4.78 is 55.6. The molecule has 0 saturated carbocycles. The largest absolute Gasteiger partial charge is 0.470 e. The van der Waals surface area contributed by atoms with E-state index in [9.17, 15) is 17.6 Å². The highest BCUT2D eigenvalue weighted by Crippen LogP contribution is 2.43. The lowest BCUT2D eigenvalue weighted by atomic mass is 10.00.